The first-order valence-electron chi connectivity index (χ1n) is 6.97. The molecular weight excluding hydrogens is 339 g/mol. The topological polar surface area (TPSA) is 61.8 Å². The van der Waals surface area contributed by atoms with E-state index in [1.54, 1.807) is 11.6 Å². The molecule has 0 bridgehead atoms. The minimum Gasteiger partial charge on any atom is -0.308 e. The standard InChI is InChI=1S/C15H14Cl2N4O2/c1-19-12-11(13(22)20(2)15(19)23)21(14(17)18-12)8-7-9-5-3-4-6-10(9)16/h3-6H,7-8H2,1-2H3. The van der Waals surface area contributed by atoms with E-state index in [9.17, 15) is 9.59 Å². The molecule has 0 N–H and O–H groups in total. The maximum absolute atomic E-state index is 12.4. The number of halogens is 2. The maximum Gasteiger partial charge on any atom is 0.332 e. The number of benzene rings is 1. The van der Waals surface area contributed by atoms with Gasteiger partial charge < -0.3 is 4.57 Å². The summed E-state index contributed by atoms with van der Waals surface area (Å²) in [6.07, 6.45) is 0.594. The number of hydrogen-bond acceptors (Lipinski definition) is 3. The van der Waals surface area contributed by atoms with Crippen LogP contribution in [-0.4, -0.2) is 18.7 Å². The lowest BCUT2D eigenvalue weighted by molar-refractivity contribution is 0.685. The van der Waals surface area contributed by atoms with Crippen LogP contribution in [0.2, 0.25) is 10.3 Å². The van der Waals surface area contributed by atoms with E-state index in [2.05, 4.69) is 4.98 Å². The average molecular weight is 353 g/mol. The van der Waals surface area contributed by atoms with Crippen LogP contribution >= 0.6 is 23.2 Å². The van der Waals surface area contributed by atoms with E-state index >= 15 is 0 Å². The molecule has 2 aromatic heterocycles. The monoisotopic (exact) mass is 352 g/mol. The highest BCUT2D eigenvalue weighted by Gasteiger charge is 2.18. The second-order valence-corrected chi connectivity index (χ2v) is 6.00. The molecule has 0 unspecified atom stereocenters. The quantitative estimate of drug-likeness (QED) is 0.677. The molecule has 1 aromatic carbocycles. The van der Waals surface area contributed by atoms with E-state index in [4.69, 9.17) is 23.2 Å². The number of fused-ring (bicyclic) bond motifs is 1. The summed E-state index contributed by atoms with van der Waals surface area (Å²) in [5.41, 5.74) is 0.694. The van der Waals surface area contributed by atoms with Crippen molar-refractivity contribution in [2.75, 3.05) is 0 Å². The largest absolute Gasteiger partial charge is 0.332 e. The van der Waals surface area contributed by atoms with Crippen LogP contribution in [0, 0.1) is 0 Å². The molecule has 120 valence electrons. The van der Waals surface area contributed by atoms with Crippen molar-refractivity contribution in [3.8, 4) is 0 Å². The smallest absolute Gasteiger partial charge is 0.308 e. The first-order chi connectivity index (χ1) is 10.9. The molecule has 0 fully saturated rings. The van der Waals surface area contributed by atoms with Crippen molar-refractivity contribution in [3.05, 3.63) is 61.0 Å². The van der Waals surface area contributed by atoms with E-state index in [1.807, 2.05) is 24.3 Å². The molecule has 0 aliphatic carbocycles. The molecule has 0 saturated carbocycles. The maximum atomic E-state index is 12.4. The van der Waals surface area contributed by atoms with Gasteiger partial charge in [-0.3, -0.25) is 13.9 Å². The van der Waals surface area contributed by atoms with Gasteiger partial charge in [-0.15, -0.1) is 0 Å². The Morgan fingerprint density at radius 3 is 2.48 bits per heavy atom. The second kappa shape index (κ2) is 5.86. The molecule has 23 heavy (non-hydrogen) atoms. The second-order valence-electron chi connectivity index (χ2n) is 5.25. The summed E-state index contributed by atoms with van der Waals surface area (Å²) in [5, 5.41) is 0.832. The summed E-state index contributed by atoms with van der Waals surface area (Å²) in [6, 6.07) is 7.49. The third-order valence-corrected chi connectivity index (χ3v) is 4.52. The highest BCUT2D eigenvalue weighted by molar-refractivity contribution is 6.31. The highest BCUT2D eigenvalue weighted by atomic mass is 35.5. The fourth-order valence-electron chi connectivity index (χ4n) is 2.56. The van der Waals surface area contributed by atoms with Crippen molar-refractivity contribution in [2.45, 2.75) is 13.0 Å². The molecule has 3 rings (SSSR count). The fraction of sp³-hybridized carbons (Fsp3) is 0.267. The molecule has 0 radical (unpaired) electrons. The average Bonchev–Trinajstić information content (AvgIpc) is 2.87. The van der Waals surface area contributed by atoms with Crippen LogP contribution in [0.15, 0.2) is 33.9 Å². The first kappa shape index (κ1) is 15.8. The van der Waals surface area contributed by atoms with Gasteiger partial charge in [-0.1, -0.05) is 29.8 Å². The van der Waals surface area contributed by atoms with Crippen LogP contribution in [0.1, 0.15) is 5.56 Å². The number of rotatable bonds is 3. The zero-order valence-corrected chi connectivity index (χ0v) is 14.1. The summed E-state index contributed by atoms with van der Waals surface area (Å²) in [7, 11) is 3.00. The highest BCUT2D eigenvalue weighted by Crippen LogP contribution is 2.19. The normalized spacial score (nSPS) is 11.3. The number of aromatic nitrogens is 4. The molecule has 0 aliphatic rings. The van der Waals surface area contributed by atoms with Gasteiger partial charge in [-0.05, 0) is 29.7 Å². The van der Waals surface area contributed by atoms with Crippen molar-refractivity contribution >= 4 is 34.4 Å². The zero-order chi connectivity index (χ0) is 16.7. The molecule has 0 saturated heterocycles. The summed E-state index contributed by atoms with van der Waals surface area (Å²) < 4.78 is 3.98. The van der Waals surface area contributed by atoms with Gasteiger partial charge in [0.15, 0.2) is 11.2 Å². The first-order valence-corrected chi connectivity index (χ1v) is 7.72. The predicted molar refractivity (Wildman–Crippen MR) is 90.4 cm³/mol. The van der Waals surface area contributed by atoms with Crippen LogP contribution in [0.3, 0.4) is 0 Å². The fourth-order valence-corrected chi connectivity index (χ4v) is 3.04. The molecule has 3 aromatic rings. The number of aryl methyl sites for hydroxylation is 3. The lowest BCUT2D eigenvalue weighted by atomic mass is 10.1. The van der Waals surface area contributed by atoms with Gasteiger partial charge in [0.2, 0.25) is 5.28 Å². The van der Waals surface area contributed by atoms with Crippen LogP contribution in [0.5, 0.6) is 0 Å². The number of hydrogen-bond donors (Lipinski definition) is 0. The van der Waals surface area contributed by atoms with Crippen molar-refractivity contribution < 1.29 is 0 Å². The summed E-state index contributed by atoms with van der Waals surface area (Å²) in [5.74, 6) is 0. The van der Waals surface area contributed by atoms with Gasteiger partial charge in [0, 0.05) is 25.7 Å². The van der Waals surface area contributed by atoms with E-state index in [1.165, 1.54) is 11.6 Å². The van der Waals surface area contributed by atoms with Crippen LogP contribution < -0.4 is 11.2 Å². The van der Waals surface area contributed by atoms with Crippen molar-refractivity contribution in [1.29, 1.82) is 0 Å². The molecule has 0 amide bonds. The third-order valence-electron chi connectivity index (χ3n) is 3.86. The molecule has 8 heteroatoms. The van der Waals surface area contributed by atoms with Gasteiger partial charge in [0.25, 0.3) is 5.56 Å². The van der Waals surface area contributed by atoms with E-state index in [0.29, 0.717) is 23.5 Å². The summed E-state index contributed by atoms with van der Waals surface area (Å²) in [6.45, 7) is 0.437. The predicted octanol–water partition coefficient (Wildman–Crippen LogP) is 1.98. The summed E-state index contributed by atoms with van der Waals surface area (Å²) in [4.78, 5) is 28.5. The van der Waals surface area contributed by atoms with Gasteiger partial charge in [-0.25, -0.2) is 4.79 Å². The van der Waals surface area contributed by atoms with Gasteiger partial charge in [-0.2, -0.15) is 4.98 Å². The molecular formula is C15H14Cl2N4O2. The minimum atomic E-state index is -0.435. The Bertz CT molecular complexity index is 1020. The Balaban J connectivity index is 2.12. The number of imidazole rings is 1. The lowest BCUT2D eigenvalue weighted by Crippen LogP contribution is -2.37. The molecule has 0 aliphatic heterocycles. The van der Waals surface area contributed by atoms with Crippen molar-refractivity contribution in [2.24, 2.45) is 14.1 Å². The Morgan fingerprint density at radius 2 is 1.78 bits per heavy atom. The zero-order valence-electron chi connectivity index (χ0n) is 12.6. The minimum absolute atomic E-state index is 0.172. The molecule has 0 spiro atoms. The lowest BCUT2D eigenvalue weighted by Gasteiger charge is -2.08. The van der Waals surface area contributed by atoms with Gasteiger partial charge >= 0.3 is 5.69 Å². The molecule has 6 nitrogen and oxygen atoms in total. The molecule has 0 atom stereocenters. The number of nitrogens with zero attached hydrogens (tertiary/aromatic N) is 4. The Morgan fingerprint density at radius 1 is 1.09 bits per heavy atom. The van der Waals surface area contributed by atoms with E-state index in [-0.39, 0.29) is 10.9 Å². The SMILES string of the molecule is Cn1c(=O)c2c(nc(Cl)n2CCc2ccccc2Cl)n(C)c1=O. The van der Waals surface area contributed by atoms with Crippen LogP contribution in [0.4, 0.5) is 0 Å². The van der Waals surface area contributed by atoms with Crippen molar-refractivity contribution in [3.63, 3.8) is 0 Å². The summed E-state index contributed by atoms with van der Waals surface area (Å²) >= 11 is 12.3. The Hall–Kier alpha value is -2.05. The van der Waals surface area contributed by atoms with Gasteiger partial charge in [0.1, 0.15) is 0 Å². The third kappa shape index (κ3) is 2.58. The van der Waals surface area contributed by atoms with E-state index < -0.39 is 11.2 Å². The van der Waals surface area contributed by atoms with E-state index in [0.717, 1.165) is 10.1 Å². The Kier molecular flexibility index (Phi) is 4.04. The van der Waals surface area contributed by atoms with Crippen LogP contribution in [-0.2, 0) is 27.1 Å². The van der Waals surface area contributed by atoms with Crippen LogP contribution in [0.25, 0.3) is 11.2 Å². The van der Waals surface area contributed by atoms with Crippen molar-refractivity contribution in [1.82, 2.24) is 18.7 Å². The van der Waals surface area contributed by atoms with Gasteiger partial charge in [0.05, 0.1) is 0 Å². The molecule has 2 heterocycles. The Labute approximate surface area is 141 Å².